The van der Waals surface area contributed by atoms with Crippen molar-refractivity contribution in [3.05, 3.63) is 0 Å². The zero-order valence-corrected chi connectivity index (χ0v) is 14.0. The van der Waals surface area contributed by atoms with Crippen LogP contribution in [-0.2, 0) is 9.59 Å². The molecule has 0 bridgehead atoms. The fraction of sp³-hybridized carbons (Fsp3) is 0.882. The topological polar surface area (TPSA) is 49.4 Å². The van der Waals surface area contributed by atoms with Crippen molar-refractivity contribution >= 4 is 11.8 Å². The Kier molecular flexibility index (Phi) is 8.40. The Morgan fingerprint density at radius 2 is 1.52 bits per heavy atom. The van der Waals surface area contributed by atoms with Crippen LogP contribution in [0.25, 0.3) is 0 Å². The van der Waals surface area contributed by atoms with Crippen LogP contribution in [0.4, 0.5) is 0 Å². The van der Waals surface area contributed by atoms with E-state index in [2.05, 4.69) is 12.2 Å². The predicted molar refractivity (Wildman–Crippen MR) is 86.0 cm³/mol. The van der Waals surface area contributed by atoms with Gasteiger partial charge in [-0.15, -0.1) is 0 Å². The number of hydrogen-bond donors (Lipinski definition) is 1. The average Bonchev–Trinajstić information content (AvgIpc) is 2.49. The van der Waals surface area contributed by atoms with Gasteiger partial charge in [0.1, 0.15) is 12.1 Å². The molecule has 0 spiro atoms. The first-order chi connectivity index (χ1) is 10.2. The summed E-state index contributed by atoms with van der Waals surface area (Å²) in [6.07, 6.45) is 9.98. The molecule has 4 heteroatoms. The van der Waals surface area contributed by atoms with Gasteiger partial charge in [-0.2, -0.15) is 0 Å². The Morgan fingerprint density at radius 3 is 2.10 bits per heavy atom. The Bertz CT molecular complexity index is 331. The summed E-state index contributed by atoms with van der Waals surface area (Å²) in [7, 11) is 0. The molecule has 1 saturated heterocycles. The summed E-state index contributed by atoms with van der Waals surface area (Å²) in [6.45, 7) is 6.87. The van der Waals surface area contributed by atoms with Crippen LogP contribution in [0.1, 0.15) is 78.6 Å². The van der Waals surface area contributed by atoms with Gasteiger partial charge in [-0.3, -0.25) is 9.59 Å². The fourth-order valence-electron chi connectivity index (χ4n) is 3.01. The van der Waals surface area contributed by atoms with Crippen molar-refractivity contribution in [3.8, 4) is 0 Å². The van der Waals surface area contributed by atoms with Crippen molar-refractivity contribution in [2.45, 2.75) is 90.6 Å². The molecule has 2 atom stereocenters. The summed E-state index contributed by atoms with van der Waals surface area (Å²) in [6, 6.07) is -0.578. The summed E-state index contributed by atoms with van der Waals surface area (Å²) in [5.41, 5.74) is 0. The molecule has 1 aliphatic heterocycles. The van der Waals surface area contributed by atoms with Gasteiger partial charge in [0.25, 0.3) is 0 Å². The van der Waals surface area contributed by atoms with E-state index in [0.717, 1.165) is 19.4 Å². The number of piperazine rings is 1. The van der Waals surface area contributed by atoms with E-state index in [-0.39, 0.29) is 23.9 Å². The van der Waals surface area contributed by atoms with Crippen molar-refractivity contribution in [1.29, 1.82) is 0 Å². The molecule has 1 aliphatic rings. The number of carbonyl (C=O) groups is 2. The van der Waals surface area contributed by atoms with Crippen LogP contribution in [0.15, 0.2) is 0 Å². The lowest BCUT2D eigenvalue weighted by atomic mass is 10.0. The SMILES string of the molecule is CCCCCCCCCN1C(=O)C(CC)NC(=O)C1CC. The quantitative estimate of drug-likeness (QED) is 0.629. The van der Waals surface area contributed by atoms with E-state index in [9.17, 15) is 9.59 Å². The molecule has 2 amide bonds. The highest BCUT2D eigenvalue weighted by molar-refractivity contribution is 5.96. The van der Waals surface area contributed by atoms with Crippen LogP contribution in [-0.4, -0.2) is 35.3 Å². The fourth-order valence-corrected chi connectivity index (χ4v) is 3.01. The number of unbranched alkanes of at least 4 members (excludes halogenated alkanes) is 6. The average molecular weight is 296 g/mol. The van der Waals surface area contributed by atoms with Gasteiger partial charge >= 0.3 is 0 Å². The Morgan fingerprint density at radius 1 is 0.905 bits per heavy atom. The Balaban J connectivity index is 2.38. The summed E-state index contributed by atoms with van der Waals surface area (Å²) in [5, 5.41) is 2.84. The van der Waals surface area contributed by atoms with Crippen LogP contribution in [0, 0.1) is 0 Å². The lowest BCUT2D eigenvalue weighted by Gasteiger charge is -2.38. The molecule has 0 saturated carbocycles. The molecule has 4 nitrogen and oxygen atoms in total. The number of nitrogens with zero attached hydrogens (tertiary/aromatic N) is 1. The van der Waals surface area contributed by atoms with Gasteiger partial charge in [0.15, 0.2) is 0 Å². The zero-order chi connectivity index (χ0) is 15.7. The highest BCUT2D eigenvalue weighted by Crippen LogP contribution is 2.16. The molecule has 122 valence electrons. The number of hydrogen-bond acceptors (Lipinski definition) is 2. The normalized spacial score (nSPS) is 22.5. The van der Waals surface area contributed by atoms with Crippen LogP contribution in [0.5, 0.6) is 0 Å². The summed E-state index contributed by atoms with van der Waals surface area (Å²) < 4.78 is 0. The Hall–Kier alpha value is -1.06. The van der Waals surface area contributed by atoms with E-state index in [1.807, 2.05) is 18.7 Å². The molecule has 0 radical (unpaired) electrons. The summed E-state index contributed by atoms with van der Waals surface area (Å²) in [5.74, 6) is 0.127. The molecule has 0 aromatic rings. The second-order valence-corrected chi connectivity index (χ2v) is 6.05. The monoisotopic (exact) mass is 296 g/mol. The summed E-state index contributed by atoms with van der Waals surface area (Å²) >= 11 is 0. The first-order valence-corrected chi connectivity index (χ1v) is 8.76. The first-order valence-electron chi connectivity index (χ1n) is 8.76. The minimum absolute atomic E-state index is 0.0203. The standard InChI is InChI=1S/C17H32N2O2/c1-4-7-8-9-10-11-12-13-19-15(6-3)16(20)18-14(5-2)17(19)21/h14-15H,4-13H2,1-3H3,(H,18,20). The van der Waals surface area contributed by atoms with Gasteiger partial charge in [0.2, 0.25) is 11.8 Å². The number of amides is 2. The van der Waals surface area contributed by atoms with E-state index in [0.29, 0.717) is 12.8 Å². The van der Waals surface area contributed by atoms with E-state index in [1.54, 1.807) is 0 Å². The maximum absolute atomic E-state index is 12.4. The molecular formula is C17H32N2O2. The number of rotatable bonds is 10. The summed E-state index contributed by atoms with van der Waals surface area (Å²) in [4.78, 5) is 26.3. The Labute approximate surface area is 129 Å². The van der Waals surface area contributed by atoms with Crippen molar-refractivity contribution in [2.24, 2.45) is 0 Å². The van der Waals surface area contributed by atoms with E-state index in [4.69, 9.17) is 0 Å². The van der Waals surface area contributed by atoms with Crippen molar-refractivity contribution in [2.75, 3.05) is 6.54 Å². The zero-order valence-electron chi connectivity index (χ0n) is 14.0. The number of nitrogens with one attached hydrogen (secondary N) is 1. The third-order valence-corrected chi connectivity index (χ3v) is 4.37. The van der Waals surface area contributed by atoms with Crippen molar-refractivity contribution < 1.29 is 9.59 Å². The number of carbonyl (C=O) groups excluding carboxylic acids is 2. The highest BCUT2D eigenvalue weighted by atomic mass is 16.2. The highest BCUT2D eigenvalue weighted by Gasteiger charge is 2.38. The second kappa shape index (κ2) is 9.80. The smallest absolute Gasteiger partial charge is 0.245 e. The molecule has 21 heavy (non-hydrogen) atoms. The molecule has 0 aromatic carbocycles. The molecule has 1 fully saturated rings. The van der Waals surface area contributed by atoms with Crippen molar-refractivity contribution in [3.63, 3.8) is 0 Å². The molecular weight excluding hydrogens is 264 g/mol. The first kappa shape index (κ1) is 18.0. The van der Waals surface area contributed by atoms with Gasteiger partial charge in [-0.1, -0.05) is 59.3 Å². The molecule has 1 heterocycles. The minimum Gasteiger partial charge on any atom is -0.343 e. The van der Waals surface area contributed by atoms with Crippen LogP contribution < -0.4 is 5.32 Å². The third-order valence-electron chi connectivity index (χ3n) is 4.37. The van der Waals surface area contributed by atoms with Gasteiger partial charge in [0, 0.05) is 6.54 Å². The third kappa shape index (κ3) is 5.33. The largest absolute Gasteiger partial charge is 0.343 e. The maximum atomic E-state index is 12.4. The van der Waals surface area contributed by atoms with Crippen LogP contribution in [0.3, 0.4) is 0 Å². The second-order valence-electron chi connectivity index (χ2n) is 6.05. The van der Waals surface area contributed by atoms with Gasteiger partial charge in [-0.05, 0) is 19.3 Å². The lowest BCUT2D eigenvalue weighted by molar-refractivity contribution is -0.149. The van der Waals surface area contributed by atoms with Crippen LogP contribution in [0.2, 0.25) is 0 Å². The van der Waals surface area contributed by atoms with Gasteiger partial charge < -0.3 is 10.2 Å². The molecule has 0 aliphatic carbocycles. The predicted octanol–water partition coefficient (Wildman–Crippen LogP) is 3.25. The molecule has 0 aromatic heterocycles. The minimum atomic E-state index is -0.315. The maximum Gasteiger partial charge on any atom is 0.245 e. The van der Waals surface area contributed by atoms with Crippen molar-refractivity contribution in [1.82, 2.24) is 10.2 Å². The molecule has 1 rings (SSSR count). The van der Waals surface area contributed by atoms with Crippen LogP contribution >= 0.6 is 0 Å². The lowest BCUT2D eigenvalue weighted by Crippen LogP contribution is -2.63. The molecule has 2 unspecified atom stereocenters. The van der Waals surface area contributed by atoms with E-state index < -0.39 is 0 Å². The van der Waals surface area contributed by atoms with E-state index >= 15 is 0 Å². The molecule has 1 N–H and O–H groups in total. The van der Waals surface area contributed by atoms with Gasteiger partial charge in [-0.25, -0.2) is 0 Å². The van der Waals surface area contributed by atoms with Gasteiger partial charge in [0.05, 0.1) is 0 Å². The van der Waals surface area contributed by atoms with E-state index in [1.165, 1.54) is 32.1 Å².